The Morgan fingerprint density at radius 2 is 2.14 bits per heavy atom. The predicted octanol–water partition coefficient (Wildman–Crippen LogP) is 3.35. The highest BCUT2D eigenvalue weighted by atomic mass is 32.1. The Morgan fingerprint density at radius 3 is 2.86 bits per heavy atom. The van der Waals surface area contributed by atoms with Crippen LogP contribution < -0.4 is 5.43 Å². The molecule has 0 bridgehead atoms. The highest BCUT2D eigenvalue weighted by Gasteiger charge is 2.11. The second kappa shape index (κ2) is 5.49. The van der Waals surface area contributed by atoms with Crippen LogP contribution in [0.2, 0.25) is 0 Å². The zero-order valence-electron chi connectivity index (χ0n) is 11.6. The Kier molecular flexibility index (Phi) is 3.53. The van der Waals surface area contributed by atoms with Crippen molar-refractivity contribution in [3.8, 4) is 0 Å². The minimum atomic E-state index is -0.290. The number of hydrogen-bond acceptors (Lipinski definition) is 5. The van der Waals surface area contributed by atoms with E-state index >= 15 is 0 Å². The van der Waals surface area contributed by atoms with E-state index in [0.717, 1.165) is 15.2 Å². The molecular formula is C15H13N3O2S. The van der Waals surface area contributed by atoms with Crippen LogP contribution in [-0.2, 0) is 0 Å². The summed E-state index contributed by atoms with van der Waals surface area (Å²) in [6, 6.07) is 9.50. The number of aromatic nitrogens is 1. The van der Waals surface area contributed by atoms with Crippen LogP contribution in [0.15, 0.2) is 46.1 Å². The first-order chi connectivity index (χ1) is 10.1. The molecular weight excluding hydrogens is 286 g/mol. The molecule has 0 unspecified atom stereocenters. The van der Waals surface area contributed by atoms with Crippen LogP contribution >= 0.6 is 11.3 Å². The van der Waals surface area contributed by atoms with Gasteiger partial charge in [0.2, 0.25) is 0 Å². The van der Waals surface area contributed by atoms with Crippen molar-refractivity contribution < 1.29 is 9.21 Å². The van der Waals surface area contributed by atoms with E-state index in [9.17, 15) is 4.79 Å². The van der Waals surface area contributed by atoms with Crippen LogP contribution in [0, 0.1) is 6.92 Å². The number of hydrazone groups is 1. The second-order valence-electron chi connectivity index (χ2n) is 4.52. The first-order valence-electron chi connectivity index (χ1n) is 6.40. The summed E-state index contributed by atoms with van der Waals surface area (Å²) in [5, 5.41) is 4.90. The smallest absolute Gasteiger partial charge is 0.274 e. The van der Waals surface area contributed by atoms with Gasteiger partial charge >= 0.3 is 0 Å². The van der Waals surface area contributed by atoms with Gasteiger partial charge in [-0.05, 0) is 32.0 Å². The molecule has 0 fully saturated rings. The molecule has 3 aromatic rings. The van der Waals surface area contributed by atoms with Gasteiger partial charge in [0.1, 0.15) is 10.8 Å². The van der Waals surface area contributed by atoms with E-state index in [0.29, 0.717) is 17.0 Å². The largest absolute Gasteiger partial charge is 0.469 e. The molecule has 1 aromatic carbocycles. The lowest BCUT2D eigenvalue weighted by Gasteiger charge is -1.99. The predicted molar refractivity (Wildman–Crippen MR) is 82.7 cm³/mol. The van der Waals surface area contributed by atoms with Crippen LogP contribution in [0.5, 0.6) is 0 Å². The van der Waals surface area contributed by atoms with E-state index in [1.165, 1.54) is 6.26 Å². The van der Waals surface area contributed by atoms with Crippen molar-refractivity contribution in [3.05, 3.63) is 52.9 Å². The molecule has 2 heterocycles. The molecule has 0 saturated carbocycles. The highest BCUT2D eigenvalue weighted by molar-refractivity contribution is 7.20. The number of nitrogens with one attached hydrogen (secondary N) is 1. The maximum absolute atomic E-state index is 11.9. The van der Waals surface area contributed by atoms with Gasteiger partial charge in [-0.25, -0.2) is 10.4 Å². The molecule has 1 amide bonds. The minimum Gasteiger partial charge on any atom is -0.469 e. The van der Waals surface area contributed by atoms with Crippen LogP contribution in [-0.4, -0.2) is 16.6 Å². The Labute approximate surface area is 125 Å². The van der Waals surface area contributed by atoms with Gasteiger partial charge in [0.25, 0.3) is 5.91 Å². The molecule has 2 aromatic heterocycles. The van der Waals surface area contributed by atoms with Gasteiger partial charge in [-0.3, -0.25) is 4.79 Å². The number of para-hydroxylation sites is 1. The zero-order chi connectivity index (χ0) is 14.8. The molecule has 0 spiro atoms. The number of benzene rings is 1. The second-order valence-corrected chi connectivity index (χ2v) is 5.55. The number of rotatable bonds is 3. The van der Waals surface area contributed by atoms with Crippen molar-refractivity contribution in [3.63, 3.8) is 0 Å². The van der Waals surface area contributed by atoms with E-state index in [1.807, 2.05) is 31.2 Å². The summed E-state index contributed by atoms with van der Waals surface area (Å²) in [7, 11) is 0. The lowest BCUT2D eigenvalue weighted by Crippen LogP contribution is -2.19. The van der Waals surface area contributed by atoms with Crippen molar-refractivity contribution in [2.45, 2.75) is 13.8 Å². The number of thiazole rings is 1. The highest BCUT2D eigenvalue weighted by Crippen LogP contribution is 2.21. The summed E-state index contributed by atoms with van der Waals surface area (Å²) in [6.07, 6.45) is 1.48. The number of carbonyl (C=O) groups excluding carboxylic acids is 1. The standard InChI is InChI=1S/C15H13N3O2S/c1-9(15-16-12-5-3-4-6-13(12)21-15)17-18-14(19)11-7-8-20-10(11)2/h3-8H,1-2H3,(H,18,19)/b17-9-. The van der Waals surface area contributed by atoms with Gasteiger partial charge in [-0.1, -0.05) is 12.1 Å². The fourth-order valence-corrected chi connectivity index (χ4v) is 2.80. The number of hydrogen-bond donors (Lipinski definition) is 1. The van der Waals surface area contributed by atoms with Gasteiger partial charge < -0.3 is 4.42 Å². The molecule has 0 saturated heterocycles. The fourth-order valence-electron chi connectivity index (χ4n) is 1.89. The lowest BCUT2D eigenvalue weighted by atomic mass is 10.2. The summed E-state index contributed by atoms with van der Waals surface area (Å²) >= 11 is 1.55. The monoisotopic (exact) mass is 299 g/mol. The Bertz CT molecular complexity index is 799. The number of nitrogens with zero attached hydrogens (tertiary/aromatic N) is 2. The normalized spacial score (nSPS) is 11.8. The summed E-state index contributed by atoms with van der Waals surface area (Å²) < 4.78 is 6.19. The van der Waals surface area contributed by atoms with Crippen molar-refractivity contribution >= 4 is 33.2 Å². The maximum atomic E-state index is 11.9. The van der Waals surface area contributed by atoms with Crippen LogP contribution in [0.3, 0.4) is 0 Å². The SMILES string of the molecule is C/C(=N/NC(=O)c1ccoc1C)c1nc2ccccc2s1. The molecule has 0 aliphatic rings. The minimum absolute atomic E-state index is 0.290. The van der Waals surface area contributed by atoms with Crippen molar-refractivity contribution in [1.29, 1.82) is 0 Å². The third kappa shape index (κ3) is 2.71. The number of fused-ring (bicyclic) bond motifs is 1. The van der Waals surface area contributed by atoms with Crippen LogP contribution in [0.1, 0.15) is 28.0 Å². The first-order valence-corrected chi connectivity index (χ1v) is 7.21. The van der Waals surface area contributed by atoms with Crippen molar-refractivity contribution in [1.82, 2.24) is 10.4 Å². The average molecular weight is 299 g/mol. The number of furan rings is 1. The molecule has 1 N–H and O–H groups in total. The molecule has 106 valence electrons. The van der Waals surface area contributed by atoms with Gasteiger partial charge in [0.15, 0.2) is 0 Å². The fraction of sp³-hybridized carbons (Fsp3) is 0.133. The molecule has 21 heavy (non-hydrogen) atoms. The zero-order valence-corrected chi connectivity index (χ0v) is 12.4. The third-order valence-electron chi connectivity index (χ3n) is 3.03. The Morgan fingerprint density at radius 1 is 1.33 bits per heavy atom. The molecule has 0 aliphatic carbocycles. The first kappa shape index (κ1) is 13.5. The number of aryl methyl sites for hydroxylation is 1. The lowest BCUT2D eigenvalue weighted by molar-refractivity contribution is 0.0953. The van der Waals surface area contributed by atoms with E-state index in [2.05, 4.69) is 15.5 Å². The molecule has 0 aliphatic heterocycles. The van der Waals surface area contributed by atoms with Crippen LogP contribution in [0.25, 0.3) is 10.2 Å². The number of carbonyl (C=O) groups is 1. The van der Waals surface area contributed by atoms with Gasteiger partial charge in [0, 0.05) is 0 Å². The Balaban J connectivity index is 1.79. The molecule has 5 nitrogen and oxygen atoms in total. The van der Waals surface area contributed by atoms with Gasteiger partial charge in [-0.15, -0.1) is 11.3 Å². The van der Waals surface area contributed by atoms with Gasteiger partial charge in [0.05, 0.1) is 27.8 Å². The third-order valence-corrected chi connectivity index (χ3v) is 4.18. The summed E-state index contributed by atoms with van der Waals surface area (Å²) in [6.45, 7) is 3.55. The van der Waals surface area contributed by atoms with E-state index in [1.54, 1.807) is 24.3 Å². The van der Waals surface area contributed by atoms with Crippen LogP contribution in [0.4, 0.5) is 0 Å². The van der Waals surface area contributed by atoms with E-state index in [4.69, 9.17) is 4.42 Å². The topological polar surface area (TPSA) is 67.5 Å². The maximum Gasteiger partial charge on any atom is 0.274 e. The van der Waals surface area contributed by atoms with E-state index in [-0.39, 0.29) is 5.91 Å². The molecule has 6 heteroatoms. The molecule has 0 radical (unpaired) electrons. The van der Waals surface area contributed by atoms with E-state index < -0.39 is 0 Å². The van der Waals surface area contributed by atoms with Crippen molar-refractivity contribution in [2.75, 3.05) is 0 Å². The summed E-state index contributed by atoms with van der Waals surface area (Å²) in [4.78, 5) is 16.4. The quantitative estimate of drug-likeness (QED) is 0.595. The summed E-state index contributed by atoms with van der Waals surface area (Å²) in [5.74, 6) is 0.280. The molecule has 3 rings (SSSR count). The number of amides is 1. The van der Waals surface area contributed by atoms with Gasteiger partial charge in [-0.2, -0.15) is 5.10 Å². The molecule has 0 atom stereocenters. The average Bonchev–Trinajstić information content (AvgIpc) is 3.10. The van der Waals surface area contributed by atoms with Crippen molar-refractivity contribution in [2.24, 2.45) is 5.10 Å². The summed E-state index contributed by atoms with van der Waals surface area (Å²) in [5.41, 5.74) is 4.61. The Hall–Kier alpha value is -2.47.